The van der Waals surface area contributed by atoms with Crippen LogP contribution in [0.3, 0.4) is 0 Å². The number of nitrogens with zero attached hydrogens (tertiary/aromatic N) is 1. The minimum atomic E-state index is -0.473. The summed E-state index contributed by atoms with van der Waals surface area (Å²) in [6.07, 6.45) is 0.809. The number of hydrogen-bond donors (Lipinski definition) is 0. The SMILES string of the molecule is [B]C(=O)N(C)CCCOc1cc(CC(=O)OCC)ccc1OC. The molecule has 1 aromatic carbocycles. The van der Waals surface area contributed by atoms with Crippen molar-refractivity contribution in [2.75, 3.05) is 33.9 Å². The van der Waals surface area contributed by atoms with Crippen molar-refractivity contribution in [3.05, 3.63) is 23.8 Å². The highest BCUT2D eigenvalue weighted by Crippen LogP contribution is 2.28. The first-order valence-electron chi connectivity index (χ1n) is 7.43. The molecule has 1 rings (SSSR count). The zero-order valence-electron chi connectivity index (χ0n) is 13.8. The maximum absolute atomic E-state index is 11.5. The summed E-state index contributed by atoms with van der Waals surface area (Å²) < 4.78 is 15.9. The number of ether oxygens (including phenoxy) is 3. The predicted molar refractivity (Wildman–Crippen MR) is 87.2 cm³/mol. The smallest absolute Gasteiger partial charge is 0.310 e. The van der Waals surface area contributed by atoms with E-state index < -0.39 is 5.81 Å². The maximum atomic E-state index is 11.5. The molecule has 124 valence electrons. The van der Waals surface area contributed by atoms with E-state index >= 15 is 0 Å². The Labute approximate surface area is 138 Å². The molecule has 7 heteroatoms. The monoisotopic (exact) mass is 319 g/mol. The molecular formula is C16H22BNO5. The Morgan fingerprint density at radius 3 is 2.61 bits per heavy atom. The molecule has 0 aliphatic carbocycles. The Hall–Kier alpha value is -2.18. The molecule has 0 bridgehead atoms. The molecule has 2 radical (unpaired) electrons. The maximum Gasteiger partial charge on any atom is 0.310 e. The molecule has 0 saturated heterocycles. The van der Waals surface area contributed by atoms with Crippen molar-refractivity contribution in [1.82, 2.24) is 4.90 Å². The van der Waals surface area contributed by atoms with Crippen molar-refractivity contribution in [2.45, 2.75) is 19.8 Å². The summed E-state index contributed by atoms with van der Waals surface area (Å²) in [5, 5.41) is 0. The first-order chi connectivity index (χ1) is 11.0. The van der Waals surface area contributed by atoms with Crippen LogP contribution in [0.15, 0.2) is 18.2 Å². The summed E-state index contributed by atoms with van der Waals surface area (Å²) in [6.45, 7) is 3.02. The number of amides is 1. The van der Waals surface area contributed by atoms with Crippen LogP contribution in [0.5, 0.6) is 11.5 Å². The van der Waals surface area contributed by atoms with E-state index in [0.717, 1.165) is 5.56 Å². The number of esters is 1. The average molecular weight is 319 g/mol. The minimum Gasteiger partial charge on any atom is -0.493 e. The lowest BCUT2D eigenvalue weighted by molar-refractivity contribution is -0.142. The number of methoxy groups -OCH3 is 1. The zero-order valence-corrected chi connectivity index (χ0v) is 13.8. The summed E-state index contributed by atoms with van der Waals surface area (Å²) in [5.74, 6) is 0.377. The number of rotatable bonds is 9. The Balaban J connectivity index is 2.61. The zero-order chi connectivity index (χ0) is 17.2. The van der Waals surface area contributed by atoms with Crippen LogP contribution in [0.4, 0.5) is 4.79 Å². The van der Waals surface area contributed by atoms with Gasteiger partial charge in [0.05, 0.1) is 26.7 Å². The molecule has 0 fully saturated rings. The van der Waals surface area contributed by atoms with Crippen LogP contribution < -0.4 is 9.47 Å². The standard InChI is InChI=1S/C16H22BNO5/c1-4-22-15(19)11-12-6-7-13(21-3)14(10-12)23-9-5-8-18(2)16(17)20/h6-7,10H,4-5,8-9,11H2,1-3H3. The number of carbonyl (C=O) groups is 2. The molecule has 0 aliphatic rings. The lowest BCUT2D eigenvalue weighted by Crippen LogP contribution is -2.27. The van der Waals surface area contributed by atoms with E-state index in [9.17, 15) is 9.59 Å². The second kappa shape index (κ2) is 9.76. The van der Waals surface area contributed by atoms with E-state index in [0.29, 0.717) is 37.7 Å². The Kier molecular flexibility index (Phi) is 8.01. The number of carbonyl (C=O) groups excluding carboxylic acids is 2. The third-order valence-corrected chi connectivity index (χ3v) is 3.15. The van der Waals surface area contributed by atoms with E-state index in [1.54, 1.807) is 39.3 Å². The normalized spacial score (nSPS) is 10.0. The fourth-order valence-electron chi connectivity index (χ4n) is 1.92. The van der Waals surface area contributed by atoms with Gasteiger partial charge in [-0.2, -0.15) is 0 Å². The highest BCUT2D eigenvalue weighted by molar-refractivity contribution is 6.56. The molecule has 0 spiro atoms. The Morgan fingerprint density at radius 1 is 1.26 bits per heavy atom. The highest BCUT2D eigenvalue weighted by Gasteiger charge is 2.10. The van der Waals surface area contributed by atoms with Crippen molar-refractivity contribution < 1.29 is 23.8 Å². The highest BCUT2D eigenvalue weighted by atomic mass is 16.5. The van der Waals surface area contributed by atoms with Gasteiger partial charge in [0.25, 0.3) is 0 Å². The summed E-state index contributed by atoms with van der Waals surface area (Å²) in [7, 11) is 8.33. The van der Waals surface area contributed by atoms with Crippen LogP contribution in [0.2, 0.25) is 0 Å². The van der Waals surface area contributed by atoms with Gasteiger partial charge in [-0.25, -0.2) is 0 Å². The van der Waals surface area contributed by atoms with Crippen molar-refractivity contribution in [1.29, 1.82) is 0 Å². The number of benzene rings is 1. The van der Waals surface area contributed by atoms with Gasteiger partial charge in [-0.3, -0.25) is 9.59 Å². The fraction of sp³-hybridized carbons (Fsp3) is 0.500. The molecule has 0 atom stereocenters. The van der Waals surface area contributed by atoms with Crippen LogP contribution >= 0.6 is 0 Å². The quantitative estimate of drug-likeness (QED) is 0.394. The number of hydrogen-bond acceptors (Lipinski definition) is 5. The van der Waals surface area contributed by atoms with Crippen molar-refractivity contribution in [3.63, 3.8) is 0 Å². The van der Waals surface area contributed by atoms with Crippen LogP contribution in [-0.4, -0.2) is 58.4 Å². The summed E-state index contributed by atoms with van der Waals surface area (Å²) in [6, 6.07) is 5.30. The van der Waals surface area contributed by atoms with E-state index in [-0.39, 0.29) is 12.4 Å². The average Bonchev–Trinajstić information content (AvgIpc) is 2.51. The van der Waals surface area contributed by atoms with Crippen molar-refractivity contribution in [3.8, 4) is 11.5 Å². The van der Waals surface area contributed by atoms with Gasteiger partial charge in [0.2, 0.25) is 7.85 Å². The lowest BCUT2D eigenvalue weighted by atomic mass is 10.1. The van der Waals surface area contributed by atoms with E-state index in [2.05, 4.69) is 0 Å². The van der Waals surface area contributed by atoms with E-state index in [1.165, 1.54) is 4.90 Å². The van der Waals surface area contributed by atoms with Gasteiger partial charge in [-0.1, -0.05) is 6.07 Å². The third kappa shape index (κ3) is 6.63. The molecule has 6 nitrogen and oxygen atoms in total. The van der Waals surface area contributed by atoms with Crippen LogP contribution in [0.25, 0.3) is 0 Å². The van der Waals surface area contributed by atoms with Gasteiger partial charge in [-0.15, -0.1) is 0 Å². The van der Waals surface area contributed by atoms with E-state index in [1.807, 2.05) is 0 Å². The lowest BCUT2D eigenvalue weighted by Gasteiger charge is -2.16. The van der Waals surface area contributed by atoms with E-state index in [4.69, 9.17) is 22.1 Å². The van der Waals surface area contributed by atoms with Gasteiger partial charge in [0, 0.05) is 13.6 Å². The summed E-state index contributed by atoms with van der Waals surface area (Å²) in [4.78, 5) is 23.9. The summed E-state index contributed by atoms with van der Waals surface area (Å²) >= 11 is 0. The molecule has 0 unspecified atom stereocenters. The molecular weight excluding hydrogens is 297 g/mol. The fourth-order valence-corrected chi connectivity index (χ4v) is 1.92. The Bertz CT molecular complexity index is 535. The van der Waals surface area contributed by atoms with Gasteiger partial charge < -0.3 is 19.1 Å². The third-order valence-electron chi connectivity index (χ3n) is 3.15. The molecule has 1 amide bonds. The molecule has 0 saturated carbocycles. The van der Waals surface area contributed by atoms with Gasteiger partial charge in [0.1, 0.15) is 0 Å². The van der Waals surface area contributed by atoms with Crippen molar-refractivity contribution in [2.24, 2.45) is 0 Å². The van der Waals surface area contributed by atoms with Gasteiger partial charge >= 0.3 is 5.97 Å². The molecule has 0 aliphatic heterocycles. The van der Waals surface area contributed by atoms with Crippen LogP contribution in [-0.2, 0) is 16.0 Å². The molecule has 1 aromatic rings. The largest absolute Gasteiger partial charge is 0.493 e. The molecule has 0 aromatic heterocycles. The Morgan fingerprint density at radius 2 is 2.00 bits per heavy atom. The molecule has 0 heterocycles. The topological polar surface area (TPSA) is 65.1 Å². The van der Waals surface area contributed by atoms with Crippen molar-refractivity contribution >= 4 is 19.6 Å². The molecule has 0 N–H and O–H groups in total. The first-order valence-corrected chi connectivity index (χ1v) is 7.43. The van der Waals surface area contributed by atoms with Gasteiger partial charge in [-0.05, 0) is 31.0 Å². The summed E-state index contributed by atoms with van der Waals surface area (Å²) in [5.41, 5.74) is 0.786. The van der Waals surface area contributed by atoms with Crippen LogP contribution in [0, 0.1) is 0 Å². The van der Waals surface area contributed by atoms with Crippen LogP contribution in [0.1, 0.15) is 18.9 Å². The van der Waals surface area contributed by atoms with Gasteiger partial charge in [0.15, 0.2) is 17.3 Å². The second-order valence-electron chi connectivity index (χ2n) is 4.93. The first kappa shape index (κ1) is 18.9. The second-order valence-corrected chi connectivity index (χ2v) is 4.93. The molecule has 23 heavy (non-hydrogen) atoms. The minimum absolute atomic E-state index is 0.179. The predicted octanol–water partition coefficient (Wildman–Crippen LogP) is 1.79.